The van der Waals surface area contributed by atoms with Crippen molar-refractivity contribution >= 4 is 38.8 Å². The van der Waals surface area contributed by atoms with Gasteiger partial charge < -0.3 is 10.3 Å². The number of thioether (sulfide) groups is 1. The lowest BCUT2D eigenvalue weighted by Gasteiger charge is -2.26. The van der Waals surface area contributed by atoms with Crippen LogP contribution in [0.5, 0.6) is 0 Å². The Morgan fingerprint density at radius 3 is 2.82 bits per heavy atom. The molecule has 150 valence electrons. The second-order valence-electron chi connectivity index (χ2n) is 7.13. The molecule has 7 nitrogen and oxygen atoms in total. The summed E-state index contributed by atoms with van der Waals surface area (Å²) < 4.78 is 2.05. The smallest absolute Gasteiger partial charge is 0.310 e. The van der Waals surface area contributed by atoms with E-state index in [9.17, 15) is 4.79 Å². The Labute approximate surface area is 169 Å². The molecule has 3 rings (SSSR count). The van der Waals surface area contributed by atoms with Gasteiger partial charge in [-0.3, -0.25) is 25.4 Å². The summed E-state index contributed by atoms with van der Waals surface area (Å²) in [6.07, 6.45) is 2.68. The summed E-state index contributed by atoms with van der Waals surface area (Å²) in [5.74, 6) is -0.382. The number of hydrogen-bond donors (Lipinski definition) is 4. The zero-order chi connectivity index (χ0) is 20.1. The number of piperazine rings is 1. The lowest BCUT2D eigenvalue weighted by molar-refractivity contribution is -0.537. The molecule has 0 saturated carbocycles. The molecule has 0 aliphatic carbocycles. The highest BCUT2D eigenvalue weighted by atomic mass is 32.2. The first kappa shape index (κ1) is 20.4. The summed E-state index contributed by atoms with van der Waals surface area (Å²) in [6.45, 7) is 8.71. The Bertz CT molecular complexity index is 880. The van der Waals surface area contributed by atoms with Gasteiger partial charge in [-0.15, -0.1) is 0 Å². The lowest BCUT2D eigenvalue weighted by atomic mass is 10.1. The molecule has 0 spiro atoms. The number of para-hydroxylation sites is 1. The number of nitrogens with zero attached hydrogens (tertiary/aromatic N) is 2. The molecule has 1 amide bonds. The number of nitrogens with two attached hydrogens (primary N) is 1. The van der Waals surface area contributed by atoms with Crippen molar-refractivity contribution in [2.75, 3.05) is 32.7 Å². The molecule has 1 unspecified atom stereocenters. The van der Waals surface area contributed by atoms with E-state index in [0.717, 1.165) is 61.0 Å². The summed E-state index contributed by atoms with van der Waals surface area (Å²) in [5.41, 5.74) is 8.38. The molecule has 5 N–H and O–H groups in total. The first-order valence-corrected chi connectivity index (χ1v) is 10.5. The van der Waals surface area contributed by atoms with Crippen molar-refractivity contribution in [3.05, 3.63) is 36.0 Å². The monoisotopic (exact) mass is 401 g/mol. The Morgan fingerprint density at radius 1 is 1.39 bits per heavy atom. The fourth-order valence-electron chi connectivity index (χ4n) is 3.47. The fraction of sp³-hybridized carbons (Fsp3) is 0.450. The van der Waals surface area contributed by atoms with E-state index in [1.807, 2.05) is 35.9 Å². The molecule has 1 aromatic carbocycles. The number of nitrogens with one attached hydrogen (secondary N) is 3. The van der Waals surface area contributed by atoms with Crippen molar-refractivity contribution in [2.45, 2.75) is 26.3 Å². The van der Waals surface area contributed by atoms with Crippen LogP contribution in [0.3, 0.4) is 0 Å². The van der Waals surface area contributed by atoms with Crippen LogP contribution in [0.15, 0.2) is 30.5 Å². The summed E-state index contributed by atoms with van der Waals surface area (Å²) in [7, 11) is 0. The van der Waals surface area contributed by atoms with Crippen LogP contribution in [0, 0.1) is 5.41 Å². The molecule has 0 bridgehead atoms. The molecule has 2 heterocycles. The molecular formula is C20H29N6OS+. The minimum Gasteiger partial charge on any atom is -0.361 e. The molecule has 1 aliphatic rings. The standard InChI is InChI=1S/C20H28N6OS/c1-3-25-8-10-26(11-9-25)20(22)28-18(21)19(27)24-14(2)12-15-13-23-17-7-5-4-6-16(15)17/h4-7,13-14,21-23H,3,8-12H2,1-2H3,(H,24,27)/p+1. The van der Waals surface area contributed by atoms with E-state index in [4.69, 9.17) is 11.1 Å². The molecule has 0 radical (unpaired) electrons. The lowest BCUT2D eigenvalue weighted by Crippen LogP contribution is -2.45. The van der Waals surface area contributed by atoms with E-state index in [-0.39, 0.29) is 17.0 Å². The third kappa shape index (κ3) is 4.94. The molecular weight excluding hydrogens is 372 g/mol. The molecule has 28 heavy (non-hydrogen) atoms. The molecule has 1 aromatic heterocycles. The Balaban J connectivity index is 1.53. The average molecular weight is 402 g/mol. The SMILES string of the molecule is CCN1CC[N+](=C(N)SC(=N)C(=O)NC(C)Cc2c[nH]c3ccccc23)CC1. The molecule has 8 heteroatoms. The van der Waals surface area contributed by atoms with Crippen LogP contribution in [0.2, 0.25) is 0 Å². The number of H-pyrrole nitrogens is 1. The zero-order valence-corrected chi connectivity index (χ0v) is 17.3. The maximum atomic E-state index is 12.4. The normalized spacial score (nSPS) is 16.1. The van der Waals surface area contributed by atoms with Gasteiger partial charge in [-0.25, -0.2) is 0 Å². The number of aromatic nitrogens is 1. The van der Waals surface area contributed by atoms with Gasteiger partial charge in [0.15, 0.2) is 5.04 Å². The van der Waals surface area contributed by atoms with E-state index < -0.39 is 0 Å². The van der Waals surface area contributed by atoms with Gasteiger partial charge in [0.05, 0.1) is 13.1 Å². The van der Waals surface area contributed by atoms with Crippen LogP contribution in [0.4, 0.5) is 0 Å². The highest BCUT2D eigenvalue weighted by Crippen LogP contribution is 2.19. The van der Waals surface area contributed by atoms with Crippen molar-refractivity contribution in [1.82, 2.24) is 15.2 Å². The molecule has 1 saturated heterocycles. The topological polar surface area (TPSA) is 101 Å². The molecule has 1 fully saturated rings. The molecule has 1 atom stereocenters. The first-order valence-electron chi connectivity index (χ1n) is 9.70. The van der Waals surface area contributed by atoms with Gasteiger partial charge in [0, 0.05) is 48.0 Å². The van der Waals surface area contributed by atoms with E-state index in [1.165, 1.54) is 0 Å². The largest absolute Gasteiger partial charge is 0.361 e. The van der Waals surface area contributed by atoms with Crippen molar-refractivity contribution in [2.24, 2.45) is 5.73 Å². The maximum Gasteiger partial charge on any atom is 0.310 e. The number of amidine groups is 1. The summed E-state index contributed by atoms with van der Waals surface area (Å²) in [6, 6.07) is 8.03. The zero-order valence-electron chi connectivity index (χ0n) is 16.5. The van der Waals surface area contributed by atoms with Gasteiger partial charge in [-0.05, 0) is 31.5 Å². The second kappa shape index (κ2) is 9.25. The van der Waals surface area contributed by atoms with Crippen molar-refractivity contribution in [3.8, 4) is 0 Å². The van der Waals surface area contributed by atoms with Crippen LogP contribution >= 0.6 is 11.8 Å². The van der Waals surface area contributed by atoms with Crippen LogP contribution < -0.4 is 11.1 Å². The predicted molar refractivity (Wildman–Crippen MR) is 116 cm³/mol. The maximum absolute atomic E-state index is 12.4. The number of amides is 1. The number of benzene rings is 1. The van der Waals surface area contributed by atoms with E-state index in [2.05, 4.69) is 28.2 Å². The second-order valence-corrected chi connectivity index (χ2v) is 8.16. The number of rotatable bonds is 4. The first-order chi connectivity index (χ1) is 13.5. The summed E-state index contributed by atoms with van der Waals surface area (Å²) in [4.78, 5) is 18.0. The predicted octanol–water partition coefficient (Wildman–Crippen LogP) is 1.59. The van der Waals surface area contributed by atoms with Crippen LogP contribution in [0.1, 0.15) is 19.4 Å². The average Bonchev–Trinajstić information content (AvgIpc) is 3.10. The summed E-state index contributed by atoms with van der Waals surface area (Å²) >= 11 is 1.04. The molecule has 1 aliphatic heterocycles. The van der Waals surface area contributed by atoms with Crippen molar-refractivity contribution in [3.63, 3.8) is 0 Å². The van der Waals surface area contributed by atoms with Crippen LogP contribution in [-0.2, 0) is 11.2 Å². The number of carbonyl (C=O) groups is 1. The van der Waals surface area contributed by atoms with Gasteiger partial charge in [-0.1, -0.05) is 25.1 Å². The summed E-state index contributed by atoms with van der Waals surface area (Å²) in [5, 5.41) is 12.6. The molecule has 2 aromatic rings. The van der Waals surface area contributed by atoms with E-state index in [1.54, 1.807) is 0 Å². The quantitative estimate of drug-likeness (QED) is 0.355. The van der Waals surface area contributed by atoms with Gasteiger partial charge in [0.1, 0.15) is 0 Å². The fourth-order valence-corrected chi connectivity index (χ4v) is 4.14. The third-order valence-electron chi connectivity index (χ3n) is 5.12. The van der Waals surface area contributed by atoms with Crippen LogP contribution in [-0.4, -0.2) is 69.3 Å². The van der Waals surface area contributed by atoms with Gasteiger partial charge in [-0.2, -0.15) is 0 Å². The highest BCUT2D eigenvalue weighted by Gasteiger charge is 2.22. The van der Waals surface area contributed by atoms with Gasteiger partial charge >= 0.3 is 5.17 Å². The number of aromatic amines is 1. The van der Waals surface area contributed by atoms with Gasteiger partial charge in [0.25, 0.3) is 5.91 Å². The minimum absolute atomic E-state index is 0.0683. The van der Waals surface area contributed by atoms with Crippen LogP contribution in [0.25, 0.3) is 10.9 Å². The number of fused-ring (bicyclic) bond motifs is 1. The Kier molecular flexibility index (Phi) is 6.74. The van der Waals surface area contributed by atoms with E-state index >= 15 is 0 Å². The number of carbonyl (C=O) groups excluding carboxylic acids is 1. The Hall–Kier alpha value is -2.32. The van der Waals surface area contributed by atoms with Gasteiger partial charge in [0.2, 0.25) is 0 Å². The minimum atomic E-state index is -0.382. The van der Waals surface area contributed by atoms with Crippen molar-refractivity contribution in [1.29, 1.82) is 5.41 Å². The number of hydrogen-bond acceptors (Lipinski definition) is 4. The Morgan fingerprint density at radius 2 is 2.11 bits per heavy atom. The highest BCUT2D eigenvalue weighted by molar-refractivity contribution is 8.27. The van der Waals surface area contributed by atoms with Crippen molar-refractivity contribution < 1.29 is 9.37 Å². The van der Waals surface area contributed by atoms with E-state index in [0.29, 0.717) is 11.6 Å². The number of likely N-dealkylation sites (N-methyl/N-ethyl adjacent to an activating group) is 1. The third-order valence-corrected chi connectivity index (χ3v) is 5.98.